The molecule has 1 N–H and O–H groups in total. The first-order valence-corrected chi connectivity index (χ1v) is 5.79. The van der Waals surface area contributed by atoms with E-state index in [-0.39, 0.29) is 22.7 Å². The number of carbonyl (C=O) groups is 1. The van der Waals surface area contributed by atoms with Gasteiger partial charge in [-0.3, -0.25) is 0 Å². The van der Waals surface area contributed by atoms with Gasteiger partial charge < -0.3 is 9.84 Å². The summed E-state index contributed by atoms with van der Waals surface area (Å²) in [5.74, 6) is -1.29. The molecule has 0 aliphatic carbocycles. The minimum Gasteiger partial charge on any atom is -0.481 e. The SMILES string of the molecule is COc1nc(C(=O)O)ccc1-c1cccc(C(F)(F)F)c1. The van der Waals surface area contributed by atoms with Gasteiger partial charge in [-0.2, -0.15) is 13.2 Å². The molecule has 0 saturated carbocycles. The smallest absolute Gasteiger partial charge is 0.416 e. The highest BCUT2D eigenvalue weighted by molar-refractivity contribution is 5.86. The number of nitrogens with zero attached hydrogens (tertiary/aromatic N) is 1. The van der Waals surface area contributed by atoms with E-state index in [0.717, 1.165) is 12.1 Å². The van der Waals surface area contributed by atoms with Gasteiger partial charge in [-0.05, 0) is 29.8 Å². The highest BCUT2D eigenvalue weighted by atomic mass is 19.4. The zero-order valence-electron chi connectivity index (χ0n) is 10.8. The van der Waals surface area contributed by atoms with Crippen molar-refractivity contribution in [2.75, 3.05) is 7.11 Å². The summed E-state index contributed by atoms with van der Waals surface area (Å²) >= 11 is 0. The van der Waals surface area contributed by atoms with Crippen LogP contribution in [-0.4, -0.2) is 23.2 Å². The van der Waals surface area contributed by atoms with Crippen molar-refractivity contribution >= 4 is 5.97 Å². The van der Waals surface area contributed by atoms with Crippen LogP contribution < -0.4 is 4.74 Å². The second kappa shape index (κ2) is 5.43. The van der Waals surface area contributed by atoms with E-state index in [2.05, 4.69) is 4.98 Å². The fraction of sp³-hybridized carbons (Fsp3) is 0.143. The lowest BCUT2D eigenvalue weighted by molar-refractivity contribution is -0.137. The Hall–Kier alpha value is -2.57. The maximum Gasteiger partial charge on any atom is 0.416 e. The molecule has 1 aromatic heterocycles. The van der Waals surface area contributed by atoms with E-state index in [4.69, 9.17) is 9.84 Å². The number of methoxy groups -OCH3 is 1. The van der Waals surface area contributed by atoms with Gasteiger partial charge in [0.05, 0.1) is 12.7 Å². The molecule has 0 amide bonds. The van der Waals surface area contributed by atoms with Crippen molar-refractivity contribution in [2.24, 2.45) is 0 Å². The zero-order valence-corrected chi connectivity index (χ0v) is 10.8. The first kappa shape index (κ1) is 14.8. The molecule has 0 atom stereocenters. The number of hydrogen-bond donors (Lipinski definition) is 1. The topological polar surface area (TPSA) is 59.4 Å². The van der Waals surface area contributed by atoms with Gasteiger partial charge >= 0.3 is 12.1 Å². The Labute approximate surface area is 117 Å². The fourth-order valence-corrected chi connectivity index (χ4v) is 1.80. The van der Waals surface area contributed by atoms with E-state index in [1.54, 1.807) is 0 Å². The quantitative estimate of drug-likeness (QED) is 0.942. The largest absolute Gasteiger partial charge is 0.481 e. The predicted molar refractivity (Wildman–Crippen MR) is 68.2 cm³/mol. The molecular weight excluding hydrogens is 287 g/mol. The Morgan fingerprint density at radius 3 is 2.52 bits per heavy atom. The van der Waals surface area contributed by atoms with Crippen LogP contribution in [0.4, 0.5) is 13.2 Å². The van der Waals surface area contributed by atoms with Gasteiger partial charge in [-0.25, -0.2) is 9.78 Å². The van der Waals surface area contributed by atoms with E-state index >= 15 is 0 Å². The number of carboxylic acid groups (broad SMARTS) is 1. The molecule has 0 saturated heterocycles. The van der Waals surface area contributed by atoms with E-state index in [0.29, 0.717) is 0 Å². The van der Waals surface area contributed by atoms with Gasteiger partial charge in [0, 0.05) is 5.56 Å². The number of aromatic nitrogens is 1. The van der Waals surface area contributed by atoms with Crippen LogP contribution in [0.2, 0.25) is 0 Å². The van der Waals surface area contributed by atoms with Crippen molar-refractivity contribution < 1.29 is 27.8 Å². The lowest BCUT2D eigenvalue weighted by Gasteiger charge is -2.11. The zero-order chi connectivity index (χ0) is 15.6. The Morgan fingerprint density at radius 1 is 1.24 bits per heavy atom. The van der Waals surface area contributed by atoms with Gasteiger partial charge in [0.25, 0.3) is 0 Å². The van der Waals surface area contributed by atoms with Crippen LogP contribution in [0.25, 0.3) is 11.1 Å². The molecule has 0 radical (unpaired) electrons. The van der Waals surface area contributed by atoms with Gasteiger partial charge in [0.2, 0.25) is 5.88 Å². The van der Waals surface area contributed by atoms with Gasteiger partial charge in [0.15, 0.2) is 5.69 Å². The van der Waals surface area contributed by atoms with Crippen LogP contribution in [0.5, 0.6) is 5.88 Å². The third-order valence-corrected chi connectivity index (χ3v) is 2.77. The third-order valence-electron chi connectivity index (χ3n) is 2.77. The van der Waals surface area contributed by atoms with Crippen LogP contribution in [0.1, 0.15) is 16.1 Å². The summed E-state index contributed by atoms with van der Waals surface area (Å²) < 4.78 is 43.1. The number of aromatic carboxylic acids is 1. The normalized spacial score (nSPS) is 11.2. The molecule has 4 nitrogen and oxygen atoms in total. The Bertz CT molecular complexity index is 683. The number of benzene rings is 1. The van der Waals surface area contributed by atoms with Crippen molar-refractivity contribution in [1.82, 2.24) is 4.98 Å². The van der Waals surface area contributed by atoms with Crippen LogP contribution in [-0.2, 0) is 6.18 Å². The molecular formula is C14H10F3NO3. The maximum atomic E-state index is 12.7. The minimum absolute atomic E-state index is 0.0470. The summed E-state index contributed by atoms with van der Waals surface area (Å²) in [5, 5.41) is 8.85. The van der Waals surface area contributed by atoms with Crippen LogP contribution in [0.3, 0.4) is 0 Å². The highest BCUT2D eigenvalue weighted by Gasteiger charge is 2.30. The summed E-state index contributed by atoms with van der Waals surface area (Å²) in [6.45, 7) is 0. The van der Waals surface area contributed by atoms with Gasteiger partial charge in [-0.1, -0.05) is 12.1 Å². The van der Waals surface area contributed by atoms with Crippen molar-refractivity contribution in [3.63, 3.8) is 0 Å². The molecule has 1 aromatic carbocycles. The molecule has 0 aliphatic heterocycles. The molecule has 0 spiro atoms. The summed E-state index contributed by atoms with van der Waals surface area (Å²) in [4.78, 5) is 14.6. The third kappa shape index (κ3) is 3.13. The first-order chi connectivity index (χ1) is 9.82. The van der Waals surface area contributed by atoms with E-state index < -0.39 is 17.7 Å². The Balaban J connectivity index is 2.54. The minimum atomic E-state index is -4.46. The van der Waals surface area contributed by atoms with Crippen molar-refractivity contribution in [3.05, 3.63) is 47.7 Å². The fourth-order valence-electron chi connectivity index (χ4n) is 1.80. The van der Waals surface area contributed by atoms with Crippen molar-refractivity contribution in [2.45, 2.75) is 6.18 Å². The number of ether oxygens (including phenoxy) is 1. The summed E-state index contributed by atoms with van der Waals surface area (Å²) in [5.41, 5.74) is -0.522. The first-order valence-electron chi connectivity index (χ1n) is 5.79. The predicted octanol–water partition coefficient (Wildman–Crippen LogP) is 3.47. The molecule has 2 rings (SSSR count). The van der Waals surface area contributed by atoms with E-state index in [1.807, 2.05) is 0 Å². The Morgan fingerprint density at radius 2 is 1.95 bits per heavy atom. The average Bonchev–Trinajstić information content (AvgIpc) is 2.45. The summed E-state index contributed by atoms with van der Waals surface area (Å²) in [6.07, 6.45) is -4.46. The number of hydrogen-bond acceptors (Lipinski definition) is 3. The number of alkyl halides is 3. The second-order valence-corrected chi connectivity index (χ2v) is 4.14. The molecule has 0 bridgehead atoms. The highest BCUT2D eigenvalue weighted by Crippen LogP contribution is 2.34. The molecule has 110 valence electrons. The van der Waals surface area contributed by atoms with Crippen molar-refractivity contribution in [1.29, 1.82) is 0 Å². The molecule has 2 aromatic rings. The number of carboxylic acids is 1. The number of pyridine rings is 1. The maximum absolute atomic E-state index is 12.7. The van der Waals surface area contributed by atoms with Crippen LogP contribution in [0.15, 0.2) is 36.4 Å². The molecule has 0 fully saturated rings. The summed E-state index contributed by atoms with van der Waals surface area (Å²) in [7, 11) is 1.27. The van der Waals surface area contributed by atoms with Crippen molar-refractivity contribution in [3.8, 4) is 17.0 Å². The molecule has 21 heavy (non-hydrogen) atoms. The summed E-state index contributed by atoms with van der Waals surface area (Å²) in [6, 6.07) is 7.22. The molecule has 0 aliphatic rings. The molecule has 1 heterocycles. The monoisotopic (exact) mass is 297 g/mol. The van der Waals surface area contributed by atoms with Crippen LogP contribution in [0, 0.1) is 0 Å². The number of rotatable bonds is 3. The van der Waals surface area contributed by atoms with Crippen LogP contribution >= 0.6 is 0 Å². The number of halogens is 3. The Kier molecular flexibility index (Phi) is 3.84. The molecule has 0 unspecified atom stereocenters. The van der Waals surface area contributed by atoms with Gasteiger partial charge in [-0.15, -0.1) is 0 Å². The lowest BCUT2D eigenvalue weighted by atomic mass is 10.0. The standard InChI is InChI=1S/C14H10F3NO3/c1-21-12-10(5-6-11(18-12)13(19)20)8-3-2-4-9(7-8)14(15,16)17/h2-7H,1H3,(H,19,20). The van der Waals surface area contributed by atoms with E-state index in [9.17, 15) is 18.0 Å². The van der Waals surface area contributed by atoms with Gasteiger partial charge in [0.1, 0.15) is 0 Å². The second-order valence-electron chi connectivity index (χ2n) is 4.14. The van der Waals surface area contributed by atoms with E-state index in [1.165, 1.54) is 31.4 Å². The average molecular weight is 297 g/mol. The molecule has 7 heteroatoms. The lowest BCUT2D eigenvalue weighted by Crippen LogP contribution is -2.05.